The van der Waals surface area contributed by atoms with E-state index in [0.717, 1.165) is 19.4 Å². The molecule has 0 aliphatic rings. The van der Waals surface area contributed by atoms with E-state index < -0.39 is 5.97 Å². The van der Waals surface area contributed by atoms with Gasteiger partial charge in [-0.3, -0.25) is 0 Å². The van der Waals surface area contributed by atoms with Crippen LogP contribution in [0.3, 0.4) is 0 Å². The van der Waals surface area contributed by atoms with Crippen molar-refractivity contribution in [3.63, 3.8) is 0 Å². The van der Waals surface area contributed by atoms with E-state index in [1.54, 1.807) is 0 Å². The van der Waals surface area contributed by atoms with E-state index in [9.17, 15) is 4.79 Å². The molecule has 0 bridgehead atoms. The Morgan fingerprint density at radius 1 is 1.23 bits per heavy atom. The fourth-order valence-electron chi connectivity index (χ4n) is 0.626. The number of rotatable bonds is 8. The van der Waals surface area contributed by atoms with Crippen molar-refractivity contribution in [1.29, 1.82) is 0 Å². The van der Waals surface area contributed by atoms with Gasteiger partial charge in [-0.25, -0.2) is 4.79 Å². The molecule has 0 saturated carbocycles. The van der Waals surface area contributed by atoms with Crippen LogP contribution in [0.1, 0.15) is 19.8 Å². The van der Waals surface area contributed by atoms with Crippen LogP contribution in [0.5, 0.6) is 0 Å². The zero-order valence-electron chi connectivity index (χ0n) is 7.41. The van der Waals surface area contributed by atoms with Gasteiger partial charge in [0.25, 0.3) is 0 Å². The average molecular weight is 184 g/mol. The molecule has 0 aromatic rings. The van der Waals surface area contributed by atoms with Crippen LogP contribution in [0.2, 0.25) is 0 Å². The van der Waals surface area contributed by atoms with Gasteiger partial charge in [0.1, 0.15) is 6.61 Å². The van der Waals surface area contributed by atoms with Crippen molar-refractivity contribution in [3.8, 4) is 0 Å². The van der Waals surface area contributed by atoms with Gasteiger partial charge in [-0.15, -0.1) is 0 Å². The average Bonchev–Trinajstić information content (AvgIpc) is 2.02. The zero-order valence-corrected chi connectivity index (χ0v) is 7.41. The minimum atomic E-state index is -0.941. The van der Waals surface area contributed by atoms with Gasteiger partial charge in [-0.2, -0.15) is 0 Å². The molecule has 0 fully saturated rings. The second kappa shape index (κ2) is 12.0. The third-order valence-corrected chi connectivity index (χ3v) is 1.24. The van der Waals surface area contributed by atoms with Crippen molar-refractivity contribution in [1.82, 2.24) is 0 Å². The minimum absolute atomic E-state index is 0. The number of carboxylic acid groups (broad SMARTS) is 1. The molecule has 5 heteroatoms. The van der Waals surface area contributed by atoms with Crippen molar-refractivity contribution >= 4 is 24.8 Å². The van der Waals surface area contributed by atoms with Crippen molar-refractivity contribution in [2.24, 2.45) is 0 Å². The summed E-state index contributed by atoms with van der Waals surface area (Å²) < 4.78 is 9.89. The molecular formula is C8H17LiO4. The molecule has 0 radical (unpaired) electrons. The number of carbonyl (C=O) groups is 1. The van der Waals surface area contributed by atoms with Crippen LogP contribution >= 0.6 is 0 Å². The Morgan fingerprint density at radius 2 is 1.85 bits per heavy atom. The second-order valence-corrected chi connectivity index (χ2v) is 2.41. The van der Waals surface area contributed by atoms with Crippen LogP contribution in [-0.4, -0.2) is 56.4 Å². The monoisotopic (exact) mass is 184 g/mol. The van der Waals surface area contributed by atoms with Crippen LogP contribution in [0, 0.1) is 0 Å². The molecule has 0 saturated heterocycles. The molecule has 13 heavy (non-hydrogen) atoms. The molecule has 0 aromatic heterocycles. The van der Waals surface area contributed by atoms with Crippen molar-refractivity contribution in [2.45, 2.75) is 19.8 Å². The van der Waals surface area contributed by atoms with Crippen LogP contribution in [0.15, 0.2) is 0 Å². The standard InChI is InChI=1S/C8H16O4.Li.H/c1-2-3-4-11-5-6-12-7-8(9)10;;/h2-7H2,1H3,(H,9,10);;. The first-order valence-corrected chi connectivity index (χ1v) is 4.14. The molecule has 0 unspecified atom stereocenters. The Balaban J connectivity index is 0. The zero-order chi connectivity index (χ0) is 9.23. The molecule has 0 aliphatic carbocycles. The van der Waals surface area contributed by atoms with Gasteiger partial charge in [0.2, 0.25) is 0 Å². The van der Waals surface area contributed by atoms with E-state index in [4.69, 9.17) is 14.6 Å². The first-order valence-electron chi connectivity index (χ1n) is 4.14. The van der Waals surface area contributed by atoms with Gasteiger partial charge in [-0.1, -0.05) is 13.3 Å². The second-order valence-electron chi connectivity index (χ2n) is 2.41. The molecule has 0 aromatic carbocycles. The van der Waals surface area contributed by atoms with E-state index >= 15 is 0 Å². The van der Waals surface area contributed by atoms with Crippen LogP contribution in [0.25, 0.3) is 0 Å². The number of hydrogen-bond acceptors (Lipinski definition) is 3. The number of ether oxygens (including phenoxy) is 2. The number of aliphatic carboxylic acids is 1. The molecule has 0 rings (SSSR count). The Kier molecular flexibility index (Phi) is 14.3. The van der Waals surface area contributed by atoms with Crippen LogP contribution < -0.4 is 0 Å². The van der Waals surface area contributed by atoms with E-state index in [1.165, 1.54) is 0 Å². The van der Waals surface area contributed by atoms with E-state index in [1.807, 2.05) is 0 Å². The predicted octanol–water partition coefficient (Wildman–Crippen LogP) is 0.256. The Bertz CT molecular complexity index is 119. The van der Waals surface area contributed by atoms with Gasteiger partial charge in [0, 0.05) is 6.61 Å². The van der Waals surface area contributed by atoms with Crippen LogP contribution in [0.4, 0.5) is 0 Å². The maximum atomic E-state index is 9.97. The Hall–Kier alpha value is -0.0126. The summed E-state index contributed by atoms with van der Waals surface area (Å²) in [6, 6.07) is 0. The van der Waals surface area contributed by atoms with E-state index in [0.29, 0.717) is 13.2 Å². The summed E-state index contributed by atoms with van der Waals surface area (Å²) in [5.74, 6) is -0.941. The molecular weight excluding hydrogens is 167 g/mol. The summed E-state index contributed by atoms with van der Waals surface area (Å²) in [7, 11) is 0. The topological polar surface area (TPSA) is 55.8 Å². The molecule has 0 heterocycles. The summed E-state index contributed by atoms with van der Waals surface area (Å²) in [5, 5.41) is 8.19. The summed E-state index contributed by atoms with van der Waals surface area (Å²) in [6.07, 6.45) is 2.15. The molecule has 74 valence electrons. The van der Waals surface area contributed by atoms with E-state index in [-0.39, 0.29) is 25.5 Å². The number of unbranched alkanes of at least 4 members (excludes halogenated alkanes) is 1. The van der Waals surface area contributed by atoms with Crippen LogP contribution in [-0.2, 0) is 14.3 Å². The van der Waals surface area contributed by atoms with Gasteiger partial charge in [0.05, 0.1) is 13.2 Å². The first-order chi connectivity index (χ1) is 5.77. The summed E-state index contributed by atoms with van der Waals surface area (Å²) in [5.41, 5.74) is 0. The van der Waals surface area contributed by atoms with Crippen molar-refractivity contribution < 1.29 is 19.4 Å². The molecule has 0 atom stereocenters. The maximum absolute atomic E-state index is 9.97. The molecule has 0 amide bonds. The number of hydrogen-bond donors (Lipinski definition) is 1. The van der Waals surface area contributed by atoms with Gasteiger partial charge >= 0.3 is 24.8 Å². The Morgan fingerprint density at radius 3 is 2.38 bits per heavy atom. The van der Waals surface area contributed by atoms with Crippen molar-refractivity contribution in [2.75, 3.05) is 26.4 Å². The fourth-order valence-corrected chi connectivity index (χ4v) is 0.626. The molecule has 4 nitrogen and oxygen atoms in total. The quantitative estimate of drug-likeness (QED) is 0.434. The normalized spacial score (nSPS) is 9.31. The SMILES string of the molecule is CCCCOCCOCC(=O)O.[LiH]. The summed E-state index contributed by atoms with van der Waals surface area (Å²) in [4.78, 5) is 9.97. The molecule has 1 N–H and O–H groups in total. The third-order valence-electron chi connectivity index (χ3n) is 1.24. The third kappa shape index (κ3) is 14.8. The van der Waals surface area contributed by atoms with Gasteiger partial charge in [0.15, 0.2) is 0 Å². The first kappa shape index (κ1) is 15.5. The Labute approximate surface area is 90.8 Å². The fraction of sp³-hybridized carbons (Fsp3) is 0.875. The van der Waals surface area contributed by atoms with E-state index in [2.05, 4.69) is 6.92 Å². The predicted molar refractivity (Wildman–Crippen MR) is 51.3 cm³/mol. The number of carboxylic acids is 1. The van der Waals surface area contributed by atoms with Gasteiger partial charge in [-0.05, 0) is 6.42 Å². The van der Waals surface area contributed by atoms with Gasteiger partial charge < -0.3 is 14.6 Å². The van der Waals surface area contributed by atoms with Crippen molar-refractivity contribution in [3.05, 3.63) is 0 Å². The molecule has 0 aliphatic heterocycles. The summed E-state index contributed by atoms with van der Waals surface area (Å²) in [6.45, 7) is 3.41. The summed E-state index contributed by atoms with van der Waals surface area (Å²) >= 11 is 0. The molecule has 0 spiro atoms.